The Bertz CT molecular complexity index is 1660. The van der Waals surface area contributed by atoms with E-state index in [0.29, 0.717) is 43.3 Å². The molecular weight excluding hydrogens is 472 g/mol. The molecule has 2 fully saturated rings. The number of amidine groups is 1. The van der Waals surface area contributed by atoms with Crippen LogP contribution in [0.5, 0.6) is 0 Å². The summed E-state index contributed by atoms with van der Waals surface area (Å²) in [5, 5.41) is 0.101. The van der Waals surface area contributed by atoms with Crippen molar-refractivity contribution in [3.8, 4) is 0 Å². The number of rotatable bonds is 2. The summed E-state index contributed by atoms with van der Waals surface area (Å²) in [7, 11) is -2.21. The number of pyridine rings is 1. The number of carbonyl (C=O) groups excluding carboxylic acids is 1. The number of piperazine rings is 1. The molecule has 1 aromatic carbocycles. The lowest BCUT2D eigenvalue weighted by Gasteiger charge is -2.36. The van der Waals surface area contributed by atoms with Crippen molar-refractivity contribution in [2.45, 2.75) is 23.7 Å². The van der Waals surface area contributed by atoms with E-state index in [4.69, 9.17) is 0 Å². The van der Waals surface area contributed by atoms with E-state index < -0.39 is 21.3 Å². The molecule has 1 aliphatic carbocycles. The summed E-state index contributed by atoms with van der Waals surface area (Å²) >= 11 is 0. The molecule has 1 saturated carbocycles. The quantitative estimate of drug-likeness (QED) is 0.544. The number of aromatic amines is 1. The van der Waals surface area contributed by atoms with E-state index in [-0.39, 0.29) is 33.3 Å². The maximum Gasteiger partial charge on any atom is 0.329 e. The molecule has 11 nitrogen and oxygen atoms in total. The largest absolute Gasteiger partial charge is 0.352 e. The second-order valence-corrected chi connectivity index (χ2v) is 10.6. The molecule has 2 aliphatic heterocycles. The minimum Gasteiger partial charge on any atom is -0.352 e. The molecule has 12 heteroatoms. The first kappa shape index (κ1) is 21.7. The number of benzene rings is 1. The molecular formula is C23H22N6O5S. The van der Waals surface area contributed by atoms with Crippen molar-refractivity contribution < 1.29 is 13.2 Å². The highest BCUT2D eigenvalue weighted by Crippen LogP contribution is 2.40. The van der Waals surface area contributed by atoms with Crippen molar-refractivity contribution in [2.75, 3.05) is 26.2 Å². The molecule has 0 spiro atoms. The maximum atomic E-state index is 13.6. The Morgan fingerprint density at radius 3 is 2.51 bits per heavy atom. The third-order valence-electron chi connectivity index (χ3n) is 6.80. The number of aromatic nitrogens is 3. The summed E-state index contributed by atoms with van der Waals surface area (Å²) in [6.45, 7) is 1.43. The van der Waals surface area contributed by atoms with E-state index in [0.717, 1.165) is 12.8 Å². The Balaban J connectivity index is 1.32. The summed E-state index contributed by atoms with van der Waals surface area (Å²) in [4.78, 5) is 48.9. The first-order valence-corrected chi connectivity index (χ1v) is 12.8. The lowest BCUT2D eigenvalue weighted by atomic mass is 10.1. The second-order valence-electron chi connectivity index (χ2n) is 9.05. The second kappa shape index (κ2) is 7.60. The summed E-state index contributed by atoms with van der Waals surface area (Å²) in [5.41, 5.74) is 0.487. The van der Waals surface area contributed by atoms with Crippen LogP contribution in [0.1, 0.15) is 40.4 Å². The molecule has 0 unspecified atom stereocenters. The fourth-order valence-corrected chi connectivity index (χ4v) is 5.95. The number of aryl methyl sites for hydroxylation is 1. The Morgan fingerprint density at radius 2 is 1.80 bits per heavy atom. The fourth-order valence-electron chi connectivity index (χ4n) is 4.72. The van der Waals surface area contributed by atoms with Crippen molar-refractivity contribution in [1.29, 1.82) is 0 Å². The van der Waals surface area contributed by atoms with Gasteiger partial charge in [0.15, 0.2) is 5.84 Å². The van der Waals surface area contributed by atoms with Crippen LogP contribution in [-0.2, 0) is 17.1 Å². The van der Waals surface area contributed by atoms with Crippen LogP contribution in [0.25, 0.3) is 11.0 Å². The van der Waals surface area contributed by atoms with Gasteiger partial charge in [-0.15, -0.1) is 4.40 Å². The van der Waals surface area contributed by atoms with Gasteiger partial charge in [-0.25, -0.2) is 9.78 Å². The Hall–Kier alpha value is -3.80. The van der Waals surface area contributed by atoms with Crippen molar-refractivity contribution in [1.82, 2.24) is 24.3 Å². The van der Waals surface area contributed by atoms with Crippen LogP contribution < -0.4 is 11.2 Å². The summed E-state index contributed by atoms with van der Waals surface area (Å²) in [6, 6.07) is 8.38. The lowest BCUT2D eigenvalue weighted by Crippen LogP contribution is -2.50. The average molecular weight is 495 g/mol. The van der Waals surface area contributed by atoms with Gasteiger partial charge in [-0.1, -0.05) is 12.1 Å². The lowest BCUT2D eigenvalue weighted by molar-refractivity contribution is 0.0694. The Kier molecular flexibility index (Phi) is 4.72. The van der Waals surface area contributed by atoms with E-state index in [1.54, 1.807) is 29.2 Å². The minimum absolute atomic E-state index is 0.101. The molecule has 1 amide bonds. The van der Waals surface area contributed by atoms with Crippen molar-refractivity contribution >= 4 is 32.8 Å². The highest BCUT2D eigenvalue weighted by molar-refractivity contribution is 7.90. The Labute approximate surface area is 199 Å². The van der Waals surface area contributed by atoms with Gasteiger partial charge in [0.25, 0.3) is 21.5 Å². The molecule has 3 aliphatic rings. The molecule has 3 aromatic rings. The van der Waals surface area contributed by atoms with Gasteiger partial charge in [-0.2, -0.15) is 8.42 Å². The van der Waals surface area contributed by atoms with Crippen molar-refractivity contribution in [3.05, 3.63) is 68.0 Å². The first-order chi connectivity index (χ1) is 16.7. The molecule has 0 atom stereocenters. The zero-order valence-electron chi connectivity index (χ0n) is 18.9. The number of H-pyrrole nitrogens is 1. The minimum atomic E-state index is -3.73. The molecule has 4 heterocycles. The van der Waals surface area contributed by atoms with Crippen LogP contribution in [-0.4, -0.2) is 70.7 Å². The van der Waals surface area contributed by atoms with Gasteiger partial charge in [0.05, 0.1) is 10.9 Å². The Morgan fingerprint density at radius 1 is 1.09 bits per heavy atom. The van der Waals surface area contributed by atoms with Crippen molar-refractivity contribution in [2.24, 2.45) is 11.4 Å². The molecule has 0 bridgehead atoms. The summed E-state index contributed by atoms with van der Waals surface area (Å²) in [5.74, 6) is 0.300. The molecule has 35 heavy (non-hydrogen) atoms. The normalized spacial score (nSPS) is 19.1. The van der Waals surface area contributed by atoms with Crippen molar-refractivity contribution in [3.63, 3.8) is 0 Å². The molecule has 1 saturated heterocycles. The summed E-state index contributed by atoms with van der Waals surface area (Å²) in [6.07, 6.45) is 1.91. The van der Waals surface area contributed by atoms with Gasteiger partial charge in [-0.05, 0) is 31.0 Å². The SMILES string of the molecule is Cn1c(=O)[nH]c(=O)c2c(C(=O)N3CCN(C4=NS(=O)(=O)c5ccccc54)CC3)cc(C3CC3)nc21. The van der Waals surface area contributed by atoms with E-state index >= 15 is 0 Å². The smallest absolute Gasteiger partial charge is 0.329 e. The van der Waals surface area contributed by atoms with Crippen LogP contribution >= 0.6 is 0 Å². The van der Waals surface area contributed by atoms with Gasteiger partial charge in [-0.3, -0.25) is 19.1 Å². The number of fused-ring (bicyclic) bond motifs is 2. The van der Waals surface area contributed by atoms with E-state index in [1.807, 2.05) is 4.90 Å². The molecule has 0 radical (unpaired) electrons. The van der Waals surface area contributed by atoms with Gasteiger partial charge in [0.1, 0.15) is 10.5 Å². The van der Waals surface area contributed by atoms with Crippen LogP contribution in [0.4, 0.5) is 0 Å². The third kappa shape index (κ3) is 3.47. The molecule has 6 rings (SSSR count). The third-order valence-corrected chi connectivity index (χ3v) is 8.12. The van der Waals surface area contributed by atoms with Gasteiger partial charge in [0, 0.05) is 50.4 Å². The number of hydrogen-bond donors (Lipinski definition) is 1. The van der Waals surface area contributed by atoms with Gasteiger partial charge < -0.3 is 9.80 Å². The fraction of sp³-hybridized carbons (Fsp3) is 0.348. The van der Waals surface area contributed by atoms with Crippen LogP contribution in [0.15, 0.2) is 49.2 Å². The van der Waals surface area contributed by atoms with Crippen LogP contribution in [0.2, 0.25) is 0 Å². The number of amides is 1. The zero-order chi connectivity index (χ0) is 24.5. The monoisotopic (exact) mass is 494 g/mol. The predicted octanol–water partition coefficient (Wildman–Crippen LogP) is 0.406. The molecule has 2 aromatic heterocycles. The van der Waals surface area contributed by atoms with E-state index in [9.17, 15) is 22.8 Å². The number of carbonyl (C=O) groups is 1. The van der Waals surface area contributed by atoms with Gasteiger partial charge in [0.2, 0.25) is 0 Å². The number of sulfonamides is 1. The highest BCUT2D eigenvalue weighted by Gasteiger charge is 2.35. The standard InChI is InChI=1S/C23H22N6O5S/c1-27-20-18(21(30)25-23(27)32)15(12-16(24-20)13-6-7-13)22(31)29-10-8-28(9-11-29)19-14-4-2-3-5-17(14)35(33,34)26-19/h2-5,12-13H,6-11H2,1H3,(H,25,30,32). The number of nitrogens with zero attached hydrogens (tertiary/aromatic N) is 5. The topological polar surface area (TPSA) is 138 Å². The van der Waals surface area contributed by atoms with E-state index in [1.165, 1.54) is 17.7 Å². The highest BCUT2D eigenvalue weighted by atomic mass is 32.2. The molecule has 180 valence electrons. The van der Waals surface area contributed by atoms with Crippen LogP contribution in [0.3, 0.4) is 0 Å². The van der Waals surface area contributed by atoms with E-state index in [2.05, 4.69) is 14.4 Å². The molecule has 1 N–H and O–H groups in total. The first-order valence-electron chi connectivity index (χ1n) is 11.4. The van der Waals surface area contributed by atoms with Gasteiger partial charge >= 0.3 is 5.69 Å². The summed E-state index contributed by atoms with van der Waals surface area (Å²) < 4.78 is 30.1. The number of hydrogen-bond acceptors (Lipinski definition) is 7. The maximum absolute atomic E-state index is 13.6. The van der Waals surface area contributed by atoms with Crippen LogP contribution in [0, 0.1) is 0 Å². The average Bonchev–Trinajstić information content (AvgIpc) is 3.67. The zero-order valence-corrected chi connectivity index (χ0v) is 19.7. The predicted molar refractivity (Wildman–Crippen MR) is 127 cm³/mol. The number of nitrogens with one attached hydrogen (secondary N) is 1.